The molecular formula is C41H53ClN6O5. The van der Waals surface area contributed by atoms with E-state index in [-0.39, 0.29) is 35.9 Å². The monoisotopic (exact) mass is 744 g/mol. The first kappa shape index (κ1) is 39.8. The fourth-order valence-corrected chi connectivity index (χ4v) is 6.70. The number of rotatable bonds is 19. The maximum atomic E-state index is 13.7. The first-order valence-corrected chi connectivity index (χ1v) is 19.3. The van der Waals surface area contributed by atoms with Crippen LogP contribution in [0.25, 0.3) is 18.2 Å². The topological polar surface area (TPSA) is 130 Å². The van der Waals surface area contributed by atoms with Gasteiger partial charge in [-0.05, 0) is 86.6 Å². The van der Waals surface area contributed by atoms with E-state index in [0.29, 0.717) is 68.8 Å². The largest absolute Gasteiger partial charge is 0.379 e. The van der Waals surface area contributed by atoms with Crippen molar-refractivity contribution in [1.29, 1.82) is 0 Å². The number of aromatic amines is 1. The van der Waals surface area contributed by atoms with Gasteiger partial charge in [0.25, 0.3) is 5.56 Å². The highest BCUT2D eigenvalue weighted by Crippen LogP contribution is 2.24. The van der Waals surface area contributed by atoms with Gasteiger partial charge in [-0.3, -0.25) is 19.0 Å². The SMILES string of the molecule is CN(C)c1ccc(/C=c2/[nH]/c(=C\C=C3/C=c4ccccc4=N3)n(CC(=O)NC3CCC(C(=O)NCCOCCOCCCCCCCl)CC3)c2=O)cc1. The third-order valence-electron chi connectivity index (χ3n) is 9.51. The molecule has 0 saturated heterocycles. The summed E-state index contributed by atoms with van der Waals surface area (Å²) in [6, 6.07) is 15.7. The van der Waals surface area contributed by atoms with E-state index in [1.165, 1.54) is 4.57 Å². The number of unbranched alkanes of at least 4 members (excludes halogenated alkanes) is 3. The lowest BCUT2D eigenvalue weighted by Gasteiger charge is -2.28. The van der Waals surface area contributed by atoms with E-state index in [2.05, 4.69) is 20.6 Å². The minimum absolute atomic E-state index is 0.0224. The molecule has 0 bridgehead atoms. The van der Waals surface area contributed by atoms with Crippen molar-refractivity contribution in [2.75, 3.05) is 57.8 Å². The second kappa shape index (κ2) is 20.7. The van der Waals surface area contributed by atoms with Gasteiger partial charge in [-0.15, -0.1) is 11.6 Å². The third kappa shape index (κ3) is 12.3. The van der Waals surface area contributed by atoms with Gasteiger partial charge in [0.05, 0.1) is 30.9 Å². The molecule has 3 aromatic rings. The maximum absolute atomic E-state index is 13.7. The highest BCUT2D eigenvalue weighted by atomic mass is 35.5. The van der Waals surface area contributed by atoms with Gasteiger partial charge in [0.2, 0.25) is 11.8 Å². The number of nitrogens with one attached hydrogen (secondary N) is 3. The summed E-state index contributed by atoms with van der Waals surface area (Å²) >= 11 is 5.69. The number of imidazole rings is 1. The smallest absolute Gasteiger partial charge is 0.276 e. The number of allylic oxidation sites excluding steroid dienone is 2. The summed E-state index contributed by atoms with van der Waals surface area (Å²) in [4.78, 5) is 49.7. The van der Waals surface area contributed by atoms with Crippen molar-refractivity contribution in [3.05, 3.63) is 97.6 Å². The van der Waals surface area contributed by atoms with Crippen LogP contribution in [0.2, 0.25) is 0 Å². The van der Waals surface area contributed by atoms with Gasteiger partial charge in [-0.25, -0.2) is 4.99 Å². The number of aromatic nitrogens is 2. The third-order valence-corrected chi connectivity index (χ3v) is 9.77. The Morgan fingerprint density at radius 3 is 2.42 bits per heavy atom. The number of benzene rings is 2. The van der Waals surface area contributed by atoms with Crippen molar-refractivity contribution >= 4 is 47.3 Å². The highest BCUT2D eigenvalue weighted by molar-refractivity contribution is 6.17. The van der Waals surface area contributed by atoms with Crippen LogP contribution in [0.15, 0.2) is 70.1 Å². The molecule has 0 unspecified atom stereocenters. The molecule has 5 rings (SSSR count). The standard InChI is InChI=1S/C41H53ClN6O5/c1-47(2)35-18-11-30(12-19-35)27-37-41(51)48(38(46-37)20-17-34-28-32-9-5-6-10-36(32)44-34)29-39(49)45-33-15-13-31(14-16-33)40(50)43-22-24-53-26-25-52-23-8-4-3-7-21-42/h5-6,9-12,17-20,27-28,31,33,46H,3-4,7-8,13-16,21-26,29H2,1-2H3,(H,43,50)(H,45,49)/b34-17+,37-27+,38-20+. The van der Waals surface area contributed by atoms with Crippen molar-refractivity contribution in [3.63, 3.8) is 0 Å². The molecule has 2 aromatic carbocycles. The summed E-state index contributed by atoms with van der Waals surface area (Å²) in [5.74, 6) is 0.391. The zero-order chi connectivity index (χ0) is 37.4. The van der Waals surface area contributed by atoms with E-state index >= 15 is 0 Å². The number of hydrogen-bond acceptors (Lipinski definition) is 7. The van der Waals surface area contributed by atoms with Gasteiger partial charge >= 0.3 is 0 Å². The van der Waals surface area contributed by atoms with E-state index < -0.39 is 0 Å². The van der Waals surface area contributed by atoms with Crippen LogP contribution >= 0.6 is 11.6 Å². The fraction of sp³-hybridized carbons (Fsp3) is 0.463. The number of anilines is 1. The van der Waals surface area contributed by atoms with E-state index in [9.17, 15) is 14.4 Å². The molecule has 2 amide bonds. The molecule has 53 heavy (non-hydrogen) atoms. The molecule has 1 fully saturated rings. The molecule has 0 atom stereocenters. The summed E-state index contributed by atoms with van der Waals surface area (Å²) in [6.45, 7) is 2.53. The highest BCUT2D eigenvalue weighted by Gasteiger charge is 2.27. The van der Waals surface area contributed by atoms with Crippen LogP contribution in [-0.2, 0) is 25.6 Å². The number of amides is 2. The Bertz CT molecular complexity index is 1960. The zero-order valence-corrected chi connectivity index (χ0v) is 31.7. The maximum Gasteiger partial charge on any atom is 0.276 e. The average Bonchev–Trinajstić information content (AvgIpc) is 3.71. The van der Waals surface area contributed by atoms with E-state index in [4.69, 9.17) is 21.1 Å². The number of ether oxygens (including phenoxy) is 2. The van der Waals surface area contributed by atoms with Crippen molar-refractivity contribution in [2.24, 2.45) is 10.9 Å². The van der Waals surface area contributed by atoms with E-state index in [1.807, 2.05) is 79.7 Å². The Balaban J connectivity index is 1.13. The molecule has 12 heteroatoms. The molecule has 284 valence electrons. The summed E-state index contributed by atoms with van der Waals surface area (Å²) in [5, 5.41) is 8.40. The number of carbonyl (C=O) groups excluding carboxylic acids is 2. The summed E-state index contributed by atoms with van der Waals surface area (Å²) in [7, 11) is 3.95. The van der Waals surface area contributed by atoms with Crippen molar-refractivity contribution in [1.82, 2.24) is 20.2 Å². The van der Waals surface area contributed by atoms with E-state index in [0.717, 1.165) is 59.8 Å². The van der Waals surface area contributed by atoms with Gasteiger partial charge < -0.3 is 30.0 Å². The number of H-pyrrole nitrogens is 1. The Morgan fingerprint density at radius 1 is 0.943 bits per heavy atom. The number of halogens is 1. The van der Waals surface area contributed by atoms with Crippen LogP contribution in [-0.4, -0.2) is 80.4 Å². The van der Waals surface area contributed by atoms with Crippen LogP contribution < -0.4 is 42.5 Å². The van der Waals surface area contributed by atoms with Crippen molar-refractivity contribution in [2.45, 2.75) is 64.0 Å². The molecular weight excluding hydrogens is 692 g/mol. The minimum Gasteiger partial charge on any atom is -0.379 e. The summed E-state index contributed by atoms with van der Waals surface area (Å²) in [5.41, 5.74) is 2.89. The fourth-order valence-electron chi connectivity index (χ4n) is 6.51. The predicted molar refractivity (Wildman–Crippen MR) is 211 cm³/mol. The van der Waals surface area contributed by atoms with E-state index in [1.54, 1.807) is 12.2 Å². The summed E-state index contributed by atoms with van der Waals surface area (Å²) in [6.07, 6.45) is 14.5. The first-order valence-electron chi connectivity index (χ1n) is 18.7. The molecule has 0 radical (unpaired) electrons. The molecule has 1 saturated carbocycles. The Morgan fingerprint density at radius 2 is 1.68 bits per heavy atom. The number of hydrogen-bond donors (Lipinski definition) is 3. The lowest BCUT2D eigenvalue weighted by Crippen LogP contribution is -2.44. The number of carbonyl (C=O) groups is 2. The van der Waals surface area contributed by atoms with Crippen molar-refractivity contribution < 1.29 is 19.1 Å². The lowest BCUT2D eigenvalue weighted by atomic mass is 9.85. The quantitative estimate of drug-likeness (QED) is 0.128. The Kier molecular flexibility index (Phi) is 15.5. The molecule has 1 aromatic heterocycles. The van der Waals surface area contributed by atoms with Gasteiger partial charge in [-0.2, -0.15) is 0 Å². The van der Waals surface area contributed by atoms with Gasteiger partial charge in [0.15, 0.2) is 0 Å². The number of nitrogens with zero attached hydrogens (tertiary/aromatic N) is 3. The molecule has 0 spiro atoms. The second-order valence-corrected chi connectivity index (χ2v) is 14.1. The Hall–Kier alpha value is -4.45. The van der Waals surface area contributed by atoms with Crippen LogP contribution in [0.4, 0.5) is 5.69 Å². The van der Waals surface area contributed by atoms with Crippen LogP contribution in [0.5, 0.6) is 0 Å². The zero-order valence-electron chi connectivity index (χ0n) is 31.0. The van der Waals surface area contributed by atoms with Crippen LogP contribution in [0.3, 0.4) is 0 Å². The Labute approximate surface area is 316 Å². The first-order chi connectivity index (χ1) is 25.8. The number of para-hydroxylation sites is 1. The number of alkyl halides is 1. The normalized spacial score (nSPS) is 18.1. The van der Waals surface area contributed by atoms with Gasteiger partial charge in [0, 0.05) is 56.0 Å². The minimum atomic E-state index is -0.289. The van der Waals surface area contributed by atoms with Gasteiger partial charge in [-0.1, -0.05) is 43.2 Å². The van der Waals surface area contributed by atoms with Gasteiger partial charge in [0.1, 0.15) is 17.4 Å². The van der Waals surface area contributed by atoms with Crippen LogP contribution in [0, 0.1) is 5.92 Å². The molecule has 1 aliphatic heterocycles. The number of fused-ring (bicyclic) bond motifs is 1. The lowest BCUT2D eigenvalue weighted by molar-refractivity contribution is -0.126. The molecule has 2 aliphatic rings. The second-order valence-electron chi connectivity index (χ2n) is 13.8. The molecule has 3 N–H and O–H groups in total. The summed E-state index contributed by atoms with van der Waals surface area (Å²) < 4.78 is 12.6. The van der Waals surface area contributed by atoms with Crippen LogP contribution in [0.1, 0.15) is 56.9 Å². The predicted octanol–water partition coefficient (Wildman–Crippen LogP) is 2.47. The average molecular weight is 745 g/mol. The molecule has 11 nitrogen and oxygen atoms in total. The molecule has 1 aliphatic carbocycles. The van der Waals surface area contributed by atoms with Crippen molar-refractivity contribution in [3.8, 4) is 0 Å². The molecule has 2 heterocycles.